The summed E-state index contributed by atoms with van der Waals surface area (Å²) in [6, 6.07) is 9.47. The third-order valence-corrected chi connectivity index (χ3v) is 3.77. The first-order chi connectivity index (χ1) is 10.2. The Balaban J connectivity index is 1.76. The molecular formula is C15H18N4O2. The number of rotatable bonds is 3. The van der Waals surface area contributed by atoms with E-state index in [-0.39, 0.29) is 5.91 Å². The number of anilines is 1. The molecule has 2 heterocycles. The average molecular weight is 286 g/mol. The molecule has 2 aromatic rings. The van der Waals surface area contributed by atoms with Crippen molar-refractivity contribution in [3.8, 4) is 11.3 Å². The van der Waals surface area contributed by atoms with E-state index in [1.165, 1.54) is 0 Å². The van der Waals surface area contributed by atoms with Gasteiger partial charge < -0.3 is 15.8 Å². The Labute approximate surface area is 122 Å². The highest BCUT2D eigenvalue weighted by Gasteiger charge is 2.35. The lowest BCUT2D eigenvalue weighted by molar-refractivity contribution is -0.124. The fourth-order valence-electron chi connectivity index (χ4n) is 2.40. The maximum absolute atomic E-state index is 12.4. The van der Waals surface area contributed by atoms with Crippen molar-refractivity contribution in [2.75, 3.05) is 18.5 Å². The SMILES string of the molecule is NC1(C(=O)Nc2cccc(-c3ccn[nH]3)c2)CCOCC1. The number of aromatic amines is 1. The topological polar surface area (TPSA) is 93.0 Å². The molecule has 1 fully saturated rings. The van der Waals surface area contributed by atoms with Crippen molar-refractivity contribution in [1.29, 1.82) is 0 Å². The van der Waals surface area contributed by atoms with Gasteiger partial charge in [-0.25, -0.2) is 0 Å². The molecule has 4 N–H and O–H groups in total. The van der Waals surface area contributed by atoms with Crippen LogP contribution < -0.4 is 11.1 Å². The van der Waals surface area contributed by atoms with Crippen molar-refractivity contribution >= 4 is 11.6 Å². The predicted molar refractivity (Wildman–Crippen MR) is 79.6 cm³/mol. The summed E-state index contributed by atoms with van der Waals surface area (Å²) >= 11 is 0. The molecule has 0 saturated carbocycles. The zero-order chi connectivity index (χ0) is 14.7. The van der Waals surface area contributed by atoms with Crippen LogP contribution >= 0.6 is 0 Å². The van der Waals surface area contributed by atoms with Gasteiger partial charge >= 0.3 is 0 Å². The van der Waals surface area contributed by atoms with Gasteiger partial charge in [0.15, 0.2) is 0 Å². The van der Waals surface area contributed by atoms with Crippen molar-refractivity contribution in [3.63, 3.8) is 0 Å². The number of ether oxygens (including phenoxy) is 1. The normalized spacial score (nSPS) is 17.4. The molecule has 6 nitrogen and oxygen atoms in total. The molecule has 0 aliphatic carbocycles. The van der Waals surface area contributed by atoms with Crippen molar-refractivity contribution in [2.45, 2.75) is 18.4 Å². The van der Waals surface area contributed by atoms with Crippen LogP contribution in [0.1, 0.15) is 12.8 Å². The molecule has 1 amide bonds. The van der Waals surface area contributed by atoms with Crippen LogP contribution in [0, 0.1) is 0 Å². The molecule has 0 atom stereocenters. The van der Waals surface area contributed by atoms with Crippen LogP contribution in [0.4, 0.5) is 5.69 Å². The minimum absolute atomic E-state index is 0.160. The fourth-order valence-corrected chi connectivity index (χ4v) is 2.40. The Morgan fingerprint density at radius 3 is 2.86 bits per heavy atom. The molecule has 21 heavy (non-hydrogen) atoms. The quantitative estimate of drug-likeness (QED) is 0.797. The lowest BCUT2D eigenvalue weighted by Crippen LogP contribution is -2.54. The number of carbonyl (C=O) groups excluding carboxylic acids is 1. The summed E-state index contributed by atoms with van der Waals surface area (Å²) in [7, 11) is 0. The van der Waals surface area contributed by atoms with Crippen LogP contribution in [0.2, 0.25) is 0 Å². The average Bonchev–Trinajstić information content (AvgIpc) is 3.02. The number of aromatic nitrogens is 2. The molecule has 1 saturated heterocycles. The molecule has 0 unspecified atom stereocenters. The van der Waals surface area contributed by atoms with Gasteiger partial charge in [-0.15, -0.1) is 0 Å². The van der Waals surface area contributed by atoms with Crippen LogP contribution in [-0.4, -0.2) is 34.9 Å². The fraction of sp³-hybridized carbons (Fsp3) is 0.333. The van der Waals surface area contributed by atoms with Crippen LogP contribution in [0.3, 0.4) is 0 Å². The van der Waals surface area contributed by atoms with Gasteiger partial charge in [0.05, 0.1) is 5.69 Å². The number of H-pyrrole nitrogens is 1. The number of carbonyl (C=O) groups is 1. The summed E-state index contributed by atoms with van der Waals surface area (Å²) in [5, 5.41) is 9.73. The van der Waals surface area contributed by atoms with E-state index < -0.39 is 5.54 Å². The number of amides is 1. The molecule has 1 aliphatic rings. The van der Waals surface area contributed by atoms with E-state index in [1.807, 2.05) is 30.3 Å². The second-order valence-corrected chi connectivity index (χ2v) is 5.27. The Bertz CT molecular complexity index is 618. The number of hydrogen-bond acceptors (Lipinski definition) is 4. The zero-order valence-electron chi connectivity index (χ0n) is 11.6. The van der Waals surface area contributed by atoms with Gasteiger partial charge in [0.2, 0.25) is 5.91 Å². The van der Waals surface area contributed by atoms with Crippen LogP contribution in [0.15, 0.2) is 36.5 Å². The van der Waals surface area contributed by atoms with E-state index in [1.54, 1.807) is 6.20 Å². The first-order valence-electron chi connectivity index (χ1n) is 6.95. The zero-order valence-corrected chi connectivity index (χ0v) is 11.6. The lowest BCUT2D eigenvalue weighted by atomic mass is 9.90. The third kappa shape index (κ3) is 2.96. The molecule has 1 aliphatic heterocycles. The second-order valence-electron chi connectivity index (χ2n) is 5.27. The number of nitrogens with two attached hydrogens (primary N) is 1. The van der Waals surface area contributed by atoms with Gasteiger partial charge in [0, 0.05) is 30.7 Å². The van der Waals surface area contributed by atoms with Crippen molar-refractivity contribution in [2.24, 2.45) is 5.73 Å². The Morgan fingerprint density at radius 1 is 1.33 bits per heavy atom. The number of hydrogen-bond donors (Lipinski definition) is 3. The summed E-state index contributed by atoms with van der Waals surface area (Å²) < 4.78 is 5.26. The minimum Gasteiger partial charge on any atom is -0.381 e. The van der Waals surface area contributed by atoms with Gasteiger partial charge in [0.1, 0.15) is 5.54 Å². The molecule has 6 heteroatoms. The molecule has 3 rings (SSSR count). The van der Waals surface area contributed by atoms with Gasteiger partial charge in [-0.3, -0.25) is 9.89 Å². The monoisotopic (exact) mass is 286 g/mol. The summed E-state index contributed by atoms with van der Waals surface area (Å²) in [5.41, 5.74) is 7.92. The van der Waals surface area contributed by atoms with Crippen molar-refractivity contribution < 1.29 is 9.53 Å². The largest absolute Gasteiger partial charge is 0.381 e. The highest BCUT2D eigenvalue weighted by atomic mass is 16.5. The highest BCUT2D eigenvalue weighted by Crippen LogP contribution is 2.23. The summed E-state index contributed by atoms with van der Waals surface area (Å²) in [6.07, 6.45) is 2.77. The van der Waals surface area contributed by atoms with Gasteiger partial charge in [0.25, 0.3) is 0 Å². The van der Waals surface area contributed by atoms with Crippen molar-refractivity contribution in [1.82, 2.24) is 10.2 Å². The van der Waals surface area contributed by atoms with Crippen molar-refractivity contribution in [3.05, 3.63) is 36.5 Å². The maximum atomic E-state index is 12.4. The second kappa shape index (κ2) is 5.67. The molecule has 0 radical (unpaired) electrons. The highest BCUT2D eigenvalue weighted by molar-refractivity contribution is 5.98. The van der Waals surface area contributed by atoms with Gasteiger partial charge in [-0.2, -0.15) is 5.10 Å². The van der Waals surface area contributed by atoms with E-state index in [4.69, 9.17) is 10.5 Å². The standard InChI is InChI=1S/C15H18N4O2/c16-15(5-8-21-9-6-15)14(20)18-12-3-1-2-11(10-12)13-4-7-17-19-13/h1-4,7,10H,5-6,8-9,16H2,(H,17,19)(H,18,20). The summed E-state index contributed by atoms with van der Waals surface area (Å²) in [4.78, 5) is 12.4. The van der Waals surface area contributed by atoms with Crippen LogP contribution in [-0.2, 0) is 9.53 Å². The number of benzene rings is 1. The van der Waals surface area contributed by atoms with E-state index in [0.29, 0.717) is 26.1 Å². The minimum atomic E-state index is -0.845. The number of nitrogens with zero attached hydrogens (tertiary/aromatic N) is 1. The summed E-state index contributed by atoms with van der Waals surface area (Å²) in [6.45, 7) is 1.05. The van der Waals surface area contributed by atoms with E-state index in [0.717, 1.165) is 16.9 Å². The molecular weight excluding hydrogens is 268 g/mol. The first-order valence-corrected chi connectivity index (χ1v) is 6.95. The Kier molecular flexibility index (Phi) is 3.72. The number of nitrogens with one attached hydrogen (secondary N) is 2. The van der Waals surface area contributed by atoms with E-state index >= 15 is 0 Å². The molecule has 1 aromatic carbocycles. The Hall–Kier alpha value is -2.18. The lowest BCUT2D eigenvalue weighted by Gasteiger charge is -2.31. The summed E-state index contributed by atoms with van der Waals surface area (Å²) in [5.74, 6) is -0.160. The first kappa shape index (κ1) is 13.8. The van der Waals surface area contributed by atoms with Gasteiger partial charge in [-0.05, 0) is 31.0 Å². The molecule has 0 spiro atoms. The smallest absolute Gasteiger partial charge is 0.244 e. The van der Waals surface area contributed by atoms with E-state index in [2.05, 4.69) is 15.5 Å². The predicted octanol–water partition coefficient (Wildman–Crippen LogP) is 1.52. The maximum Gasteiger partial charge on any atom is 0.244 e. The molecule has 1 aromatic heterocycles. The van der Waals surface area contributed by atoms with Crippen LogP contribution in [0.25, 0.3) is 11.3 Å². The molecule has 0 bridgehead atoms. The van der Waals surface area contributed by atoms with E-state index in [9.17, 15) is 4.79 Å². The van der Waals surface area contributed by atoms with Gasteiger partial charge in [-0.1, -0.05) is 12.1 Å². The Morgan fingerprint density at radius 2 is 2.14 bits per heavy atom. The third-order valence-electron chi connectivity index (χ3n) is 3.77. The van der Waals surface area contributed by atoms with Crippen LogP contribution in [0.5, 0.6) is 0 Å². The molecule has 110 valence electrons.